The van der Waals surface area contributed by atoms with Crippen molar-refractivity contribution < 1.29 is 14.4 Å². The number of ketones is 3. The van der Waals surface area contributed by atoms with E-state index in [0.717, 1.165) is 184 Å². The number of carbonyl (C=O) groups is 3. The van der Waals surface area contributed by atoms with Crippen LogP contribution < -0.4 is 0 Å². The molecule has 3 heterocycles. The van der Waals surface area contributed by atoms with Gasteiger partial charge in [-0.25, -0.2) is 44.9 Å². The van der Waals surface area contributed by atoms with Gasteiger partial charge >= 0.3 is 0 Å². The maximum absolute atomic E-state index is 13.7. The number of hydrogen-bond acceptors (Lipinski definition) is 12. The van der Waals surface area contributed by atoms with Crippen LogP contribution in [0.2, 0.25) is 0 Å². The van der Waals surface area contributed by atoms with E-state index < -0.39 is 0 Å². The highest BCUT2D eigenvalue weighted by molar-refractivity contribution is 6.16. The van der Waals surface area contributed by atoms with Gasteiger partial charge in [-0.05, 0) is 137 Å². The number of aromatic nitrogens is 9. The third-order valence-electron chi connectivity index (χ3n) is 27.5. The van der Waals surface area contributed by atoms with Gasteiger partial charge in [0.25, 0.3) is 0 Å². The summed E-state index contributed by atoms with van der Waals surface area (Å²) in [4.78, 5) is 84.9. The molecule has 21 aromatic rings. The van der Waals surface area contributed by atoms with Crippen molar-refractivity contribution in [1.29, 1.82) is 0 Å². The standard InChI is InChI=1S/3C43H31N3O/c1-43(2)37-22-10-9-21-35(37)39(47)36-27-33(23-24-38(36)43)31-18-11-17-30(25-31)32-19-12-20-34(26-32)42-45-40(28-13-5-3-6-14-28)44-41(46-42)29-15-7-4-8-16-29;1-43(2)37-20-12-11-19-35(37)39(47)36-27-32(25-26-38(36)43)28-21-23-29(24-22-28)33-17-9-10-18-34(33)42-45-40(30-13-5-3-6-14-30)44-41(46-42)31-15-7-4-8-16-31;1-43(2)37-19-10-9-18-35(37)39(47)36-27-34(24-25-38(36)43)33-17-11-16-32(26-33)28-20-22-31(23-21-28)42-45-40(29-12-5-3-6-13-29)44-41(46-42)30-14-7-4-8-15-30/h3*3-27H,1-2H3. The molecule has 0 fully saturated rings. The zero-order valence-corrected chi connectivity index (χ0v) is 78.6. The van der Waals surface area contributed by atoms with Crippen LogP contribution >= 0.6 is 0 Å². The Morgan fingerprint density at radius 3 is 0.603 bits per heavy atom. The molecule has 0 saturated heterocycles. The highest BCUT2D eigenvalue weighted by Gasteiger charge is 2.40. The highest BCUT2D eigenvalue weighted by atomic mass is 16.1. The van der Waals surface area contributed by atoms with Crippen LogP contribution in [-0.4, -0.2) is 62.2 Å². The Bertz CT molecular complexity index is 8230. The Morgan fingerprint density at radius 2 is 0.305 bits per heavy atom. The Labute approximate surface area is 819 Å². The molecule has 3 aromatic heterocycles. The summed E-state index contributed by atoms with van der Waals surface area (Å²) in [6.45, 7) is 13.2. The van der Waals surface area contributed by atoms with Crippen molar-refractivity contribution in [3.63, 3.8) is 0 Å². The van der Waals surface area contributed by atoms with Crippen LogP contribution in [0.1, 0.15) is 123 Å². The number of hydrogen-bond donors (Lipinski definition) is 0. The van der Waals surface area contributed by atoms with Crippen LogP contribution in [-0.2, 0) is 16.2 Å². The second-order valence-electron chi connectivity index (χ2n) is 37.3. The van der Waals surface area contributed by atoms with Crippen molar-refractivity contribution in [3.8, 4) is 169 Å². The third-order valence-corrected chi connectivity index (χ3v) is 27.5. The van der Waals surface area contributed by atoms with E-state index >= 15 is 0 Å². The Morgan fingerprint density at radius 1 is 0.128 bits per heavy atom. The van der Waals surface area contributed by atoms with E-state index in [-0.39, 0.29) is 33.6 Å². The first kappa shape index (κ1) is 88.3. The average molecular weight is 1820 g/mol. The maximum Gasteiger partial charge on any atom is 0.193 e. The predicted octanol–water partition coefficient (Wildman–Crippen LogP) is 30.2. The number of nitrogens with zero attached hydrogens (tertiary/aromatic N) is 9. The van der Waals surface area contributed by atoms with E-state index in [4.69, 9.17) is 44.9 Å². The molecule has 12 nitrogen and oxygen atoms in total. The average Bonchev–Trinajstić information content (AvgIpc) is 0.738. The van der Waals surface area contributed by atoms with Crippen molar-refractivity contribution in [2.45, 2.75) is 57.8 Å². The molecule has 0 amide bonds. The minimum absolute atomic E-state index is 0.0859. The van der Waals surface area contributed by atoms with Gasteiger partial charge in [0.15, 0.2) is 69.8 Å². The molecule has 672 valence electrons. The van der Waals surface area contributed by atoms with E-state index in [1.165, 1.54) is 0 Å². The quantitative estimate of drug-likeness (QED) is 0.0954. The first-order valence-corrected chi connectivity index (χ1v) is 47.5. The minimum atomic E-state index is -0.254. The summed E-state index contributed by atoms with van der Waals surface area (Å²) < 4.78 is 0. The molecular formula is C129H93N9O3. The van der Waals surface area contributed by atoms with E-state index in [1.54, 1.807) is 0 Å². The third kappa shape index (κ3) is 17.3. The van der Waals surface area contributed by atoms with Gasteiger partial charge in [-0.1, -0.05) is 460 Å². The van der Waals surface area contributed by atoms with E-state index in [0.29, 0.717) is 52.4 Å². The summed E-state index contributed by atoms with van der Waals surface area (Å²) in [5.74, 6) is 5.94. The zero-order chi connectivity index (χ0) is 95.9. The highest BCUT2D eigenvalue weighted by Crippen LogP contribution is 2.48. The van der Waals surface area contributed by atoms with Crippen LogP contribution in [0.5, 0.6) is 0 Å². The van der Waals surface area contributed by atoms with Crippen molar-refractivity contribution in [2.75, 3.05) is 0 Å². The van der Waals surface area contributed by atoms with Gasteiger partial charge in [-0.3, -0.25) is 14.4 Å². The van der Waals surface area contributed by atoms with Crippen molar-refractivity contribution in [3.05, 3.63) is 522 Å². The van der Waals surface area contributed by atoms with Gasteiger partial charge in [0.05, 0.1) is 0 Å². The predicted molar refractivity (Wildman–Crippen MR) is 567 cm³/mol. The second kappa shape index (κ2) is 37.2. The lowest BCUT2D eigenvalue weighted by atomic mass is 9.68. The molecule has 0 N–H and O–H groups in total. The number of fused-ring (bicyclic) bond motifs is 6. The SMILES string of the molecule is CC1(C)c2ccccc2C(=O)c2cc(-c3ccc(-c4ccccc4-c4nc(-c5ccccc5)nc(-c5ccccc5)n4)cc3)ccc21.CC1(C)c2ccccc2C(=O)c2cc(-c3cccc(-c4ccc(-c5nc(-c6ccccc6)nc(-c6ccccc6)n5)cc4)c3)ccc21.CC1(C)c2ccccc2C(=O)c2cc(-c3cccc(-c4cccc(-c5nc(-c6ccccc6)nc(-c6ccccc6)n5)c4)c3)ccc21. The van der Waals surface area contributed by atoms with Crippen LogP contribution in [0, 0.1) is 0 Å². The smallest absolute Gasteiger partial charge is 0.193 e. The molecule has 0 bridgehead atoms. The molecule has 3 aliphatic rings. The molecule has 24 rings (SSSR count). The topological polar surface area (TPSA) is 167 Å². The summed E-state index contributed by atoms with van der Waals surface area (Å²) in [5.41, 5.74) is 31.4. The Kier molecular flexibility index (Phi) is 23.3. The minimum Gasteiger partial charge on any atom is -0.289 e. The fraction of sp³-hybridized carbons (Fsp3) is 0.0698. The van der Waals surface area contributed by atoms with Gasteiger partial charge in [-0.15, -0.1) is 0 Å². The number of rotatable bonds is 15. The lowest BCUT2D eigenvalue weighted by Crippen LogP contribution is -2.30. The fourth-order valence-corrected chi connectivity index (χ4v) is 19.9. The summed E-state index contributed by atoms with van der Waals surface area (Å²) in [7, 11) is 0. The largest absolute Gasteiger partial charge is 0.289 e. The summed E-state index contributed by atoms with van der Waals surface area (Å²) >= 11 is 0. The van der Waals surface area contributed by atoms with Gasteiger partial charge in [0.1, 0.15) is 0 Å². The van der Waals surface area contributed by atoms with Crippen molar-refractivity contribution >= 4 is 17.3 Å². The lowest BCUT2D eigenvalue weighted by molar-refractivity contribution is 0.102. The van der Waals surface area contributed by atoms with Gasteiger partial charge < -0.3 is 0 Å². The van der Waals surface area contributed by atoms with Crippen LogP contribution in [0.4, 0.5) is 0 Å². The van der Waals surface area contributed by atoms with E-state index in [2.05, 4.69) is 236 Å². The molecule has 3 aliphatic carbocycles. The van der Waals surface area contributed by atoms with Crippen LogP contribution in [0.3, 0.4) is 0 Å². The summed E-state index contributed by atoms with van der Waals surface area (Å²) in [6.07, 6.45) is 0. The maximum atomic E-state index is 13.7. The van der Waals surface area contributed by atoms with Gasteiger partial charge in [0.2, 0.25) is 0 Å². The van der Waals surface area contributed by atoms with E-state index in [9.17, 15) is 14.4 Å². The van der Waals surface area contributed by atoms with Crippen LogP contribution in [0.15, 0.2) is 455 Å². The molecule has 0 saturated carbocycles. The van der Waals surface area contributed by atoms with Crippen LogP contribution in [0.25, 0.3) is 169 Å². The van der Waals surface area contributed by atoms with Gasteiger partial charge in [0, 0.05) is 99.7 Å². The first-order chi connectivity index (χ1) is 68.9. The molecular weight excluding hydrogens is 1720 g/mol. The number of carbonyl (C=O) groups excluding carboxylic acids is 3. The van der Waals surface area contributed by atoms with Crippen molar-refractivity contribution in [1.82, 2.24) is 44.9 Å². The van der Waals surface area contributed by atoms with Crippen molar-refractivity contribution in [2.24, 2.45) is 0 Å². The normalized spacial score (nSPS) is 13.1. The van der Waals surface area contributed by atoms with E-state index in [1.807, 2.05) is 261 Å². The monoisotopic (exact) mass is 1820 g/mol. The van der Waals surface area contributed by atoms with Gasteiger partial charge in [-0.2, -0.15) is 0 Å². The second-order valence-corrected chi connectivity index (χ2v) is 37.3. The first-order valence-electron chi connectivity index (χ1n) is 47.5. The Balaban J connectivity index is 0.000000121. The zero-order valence-electron chi connectivity index (χ0n) is 78.6. The molecule has 141 heavy (non-hydrogen) atoms. The summed E-state index contributed by atoms with van der Waals surface area (Å²) in [6, 6.07) is 153. The Hall–Kier alpha value is -18.0. The molecule has 0 radical (unpaired) electrons. The molecule has 0 spiro atoms. The summed E-state index contributed by atoms with van der Waals surface area (Å²) in [5, 5.41) is 0. The molecule has 18 aromatic carbocycles. The lowest BCUT2D eigenvalue weighted by Gasteiger charge is -2.34. The molecule has 12 heteroatoms. The molecule has 0 atom stereocenters. The number of benzene rings is 18. The fourth-order valence-electron chi connectivity index (χ4n) is 19.9. The molecule has 0 aliphatic heterocycles. The molecule has 0 unspecified atom stereocenters.